The Bertz CT molecular complexity index is 310. The molecule has 0 aromatic heterocycles. The number of amides is 1. The van der Waals surface area contributed by atoms with Gasteiger partial charge in [0, 0.05) is 6.42 Å². The zero-order valence-electron chi connectivity index (χ0n) is 18.5. The second kappa shape index (κ2) is 30.4. The van der Waals surface area contributed by atoms with Gasteiger partial charge in [-0.05, 0) is 19.4 Å². The quantitative estimate of drug-likeness (QED) is 0.161. The van der Waals surface area contributed by atoms with E-state index in [1.54, 1.807) is 0 Å². The average molecular weight is 406 g/mol. The van der Waals surface area contributed by atoms with Crippen molar-refractivity contribution in [1.82, 2.24) is 0 Å². The largest absolute Gasteiger partial charge is 0.370 e. The number of primary amides is 1. The molecule has 0 aliphatic heterocycles. The molecular weight excluding hydrogens is 358 g/mol. The molecule has 7 nitrogen and oxygen atoms in total. The van der Waals surface area contributed by atoms with Crippen molar-refractivity contribution in [2.24, 2.45) is 11.5 Å². The number of carbonyl (C=O) groups excluding carboxylic acids is 1. The third kappa shape index (κ3) is 49.7. The summed E-state index contributed by atoms with van der Waals surface area (Å²) < 4.78 is 0. The van der Waals surface area contributed by atoms with E-state index in [4.69, 9.17) is 26.8 Å². The molecule has 0 atom stereocenters. The fourth-order valence-electron chi connectivity index (χ4n) is 2.67. The monoisotopic (exact) mass is 405 g/mol. The van der Waals surface area contributed by atoms with Crippen molar-refractivity contribution in [3.8, 4) is 0 Å². The van der Waals surface area contributed by atoms with Crippen molar-refractivity contribution in [3.63, 3.8) is 0 Å². The van der Waals surface area contributed by atoms with Crippen LogP contribution in [-0.4, -0.2) is 22.7 Å². The zero-order valence-corrected chi connectivity index (χ0v) is 18.5. The van der Waals surface area contributed by atoms with Crippen molar-refractivity contribution in [2.45, 2.75) is 123 Å². The highest BCUT2D eigenvalue weighted by molar-refractivity contribution is 5.73. The molecule has 5 N–H and O–H groups in total. The Morgan fingerprint density at radius 2 is 1.00 bits per heavy atom. The van der Waals surface area contributed by atoms with E-state index in [-0.39, 0.29) is 5.91 Å². The maximum absolute atomic E-state index is 10.6. The van der Waals surface area contributed by atoms with Gasteiger partial charge in [-0.3, -0.25) is 4.79 Å². The number of rotatable bonds is 17. The summed E-state index contributed by atoms with van der Waals surface area (Å²) in [5.41, 5.74) is 10.1. The Hall–Kier alpha value is -1.37. The number of nitrogens with two attached hydrogens (primary N) is 2. The van der Waals surface area contributed by atoms with Gasteiger partial charge in [-0.15, -0.1) is 10.1 Å². The van der Waals surface area contributed by atoms with Crippen LogP contribution in [0, 0.1) is 10.1 Å². The van der Waals surface area contributed by atoms with E-state index in [2.05, 4.69) is 13.8 Å². The Labute approximate surface area is 172 Å². The summed E-state index contributed by atoms with van der Waals surface area (Å²) in [6.45, 7) is 5.15. The molecule has 0 unspecified atom stereocenters. The van der Waals surface area contributed by atoms with Gasteiger partial charge < -0.3 is 16.7 Å². The van der Waals surface area contributed by atoms with Crippen LogP contribution in [-0.2, 0) is 4.79 Å². The molecule has 28 heavy (non-hydrogen) atoms. The number of hydrogen-bond donors (Lipinski definition) is 3. The minimum absolute atomic E-state index is 0.153. The average Bonchev–Trinajstić information content (AvgIpc) is 2.64. The fourth-order valence-corrected chi connectivity index (χ4v) is 2.67. The van der Waals surface area contributed by atoms with Gasteiger partial charge in [-0.25, -0.2) is 0 Å². The topological polar surface area (TPSA) is 132 Å². The van der Waals surface area contributed by atoms with Crippen molar-refractivity contribution in [3.05, 3.63) is 10.1 Å². The second-order valence-electron chi connectivity index (χ2n) is 7.19. The summed E-state index contributed by atoms with van der Waals surface area (Å²) in [5.74, 6) is -0.153. The van der Waals surface area contributed by atoms with Gasteiger partial charge in [0.1, 0.15) is 0 Å². The molecule has 0 aromatic carbocycles. The first-order chi connectivity index (χ1) is 13.4. The van der Waals surface area contributed by atoms with Crippen LogP contribution in [0.25, 0.3) is 0 Å². The molecule has 0 bridgehead atoms. The molecule has 0 aromatic rings. The van der Waals surface area contributed by atoms with Gasteiger partial charge in [-0.2, -0.15) is 0 Å². The van der Waals surface area contributed by atoms with Gasteiger partial charge in [0.15, 0.2) is 0 Å². The number of unbranched alkanes of at least 4 members (excludes halogenated alkanes) is 14. The first kappa shape index (κ1) is 31.3. The molecule has 0 saturated carbocycles. The highest BCUT2D eigenvalue weighted by Gasteiger charge is 1.96. The number of hydrogen-bond acceptors (Lipinski definition) is 4. The molecule has 0 spiro atoms. The normalized spacial score (nSPS) is 9.68. The second-order valence-corrected chi connectivity index (χ2v) is 7.19. The molecule has 0 aliphatic carbocycles. The molecule has 170 valence electrons. The van der Waals surface area contributed by atoms with Crippen LogP contribution in [0.1, 0.15) is 123 Å². The molecule has 7 heteroatoms. The Morgan fingerprint density at radius 3 is 1.21 bits per heavy atom. The van der Waals surface area contributed by atoms with Crippen LogP contribution in [0.15, 0.2) is 0 Å². The summed E-state index contributed by atoms with van der Waals surface area (Å²) in [6.07, 6.45) is 22.0. The van der Waals surface area contributed by atoms with Crippen LogP contribution < -0.4 is 11.5 Å². The summed E-state index contributed by atoms with van der Waals surface area (Å²) >= 11 is 0. The van der Waals surface area contributed by atoms with Crippen LogP contribution in [0.2, 0.25) is 0 Å². The van der Waals surface area contributed by atoms with Crippen LogP contribution in [0.5, 0.6) is 0 Å². The maximum Gasteiger partial charge on any atom is 0.291 e. The van der Waals surface area contributed by atoms with E-state index in [0.717, 1.165) is 19.4 Å². The van der Waals surface area contributed by atoms with Crippen molar-refractivity contribution in [1.29, 1.82) is 0 Å². The summed E-state index contributed by atoms with van der Waals surface area (Å²) in [6, 6.07) is 0. The first-order valence-corrected chi connectivity index (χ1v) is 11.2. The van der Waals surface area contributed by atoms with Gasteiger partial charge in [0.2, 0.25) is 5.91 Å². The lowest BCUT2D eigenvalue weighted by atomic mass is 10.0. The molecule has 0 fully saturated rings. The molecular formula is C21H47N3O4. The van der Waals surface area contributed by atoms with Crippen LogP contribution in [0.4, 0.5) is 0 Å². The third-order valence-corrected chi connectivity index (χ3v) is 4.32. The molecule has 0 heterocycles. The van der Waals surface area contributed by atoms with E-state index in [9.17, 15) is 4.79 Å². The zero-order chi connectivity index (χ0) is 21.9. The van der Waals surface area contributed by atoms with Gasteiger partial charge in [-0.1, -0.05) is 104 Å². The maximum atomic E-state index is 10.6. The molecule has 1 amide bonds. The van der Waals surface area contributed by atoms with Gasteiger partial charge in [0.05, 0.1) is 0 Å². The van der Waals surface area contributed by atoms with E-state index in [1.807, 2.05) is 0 Å². The minimum Gasteiger partial charge on any atom is -0.370 e. The highest BCUT2D eigenvalue weighted by Crippen LogP contribution is 2.13. The minimum atomic E-state index is -1.50. The van der Waals surface area contributed by atoms with Crippen LogP contribution >= 0.6 is 0 Å². The summed E-state index contributed by atoms with van der Waals surface area (Å²) in [7, 11) is 0. The SMILES string of the molecule is CCCCCCCCCCCCCCCCCC(N)=O.CCCN.O=[N+]([O-])O. The van der Waals surface area contributed by atoms with Crippen molar-refractivity contribution < 1.29 is 15.1 Å². The van der Waals surface area contributed by atoms with E-state index in [1.165, 1.54) is 89.9 Å². The predicted molar refractivity (Wildman–Crippen MR) is 117 cm³/mol. The van der Waals surface area contributed by atoms with Crippen molar-refractivity contribution >= 4 is 5.91 Å². The van der Waals surface area contributed by atoms with Crippen molar-refractivity contribution in [2.75, 3.05) is 6.54 Å². The highest BCUT2D eigenvalue weighted by atomic mass is 16.9. The number of carbonyl (C=O) groups is 1. The molecule has 0 aliphatic rings. The molecule has 0 radical (unpaired) electrons. The summed E-state index contributed by atoms with van der Waals surface area (Å²) in [5, 5.41) is 13.6. The van der Waals surface area contributed by atoms with Gasteiger partial charge in [0.25, 0.3) is 5.09 Å². The Balaban J connectivity index is -0.000000656. The van der Waals surface area contributed by atoms with Gasteiger partial charge >= 0.3 is 0 Å². The Morgan fingerprint density at radius 1 is 0.750 bits per heavy atom. The predicted octanol–water partition coefficient (Wildman–Crippen LogP) is 5.74. The fraction of sp³-hybridized carbons (Fsp3) is 0.952. The third-order valence-electron chi connectivity index (χ3n) is 4.32. The number of nitrogens with zero attached hydrogens (tertiary/aromatic N) is 1. The molecule has 0 rings (SSSR count). The standard InChI is InChI=1S/C18H37NO.C3H9N.HNO3/c1-2-3-4-5-6-7-8-9-10-11-12-13-14-15-16-17-18(19)20;1-2-3-4;2-1(3)4/h2-17H2,1H3,(H2,19,20);2-4H2,1H3;(H,2,3,4). The van der Waals surface area contributed by atoms with E-state index >= 15 is 0 Å². The lowest BCUT2D eigenvalue weighted by molar-refractivity contribution is -0.742. The van der Waals surface area contributed by atoms with E-state index < -0.39 is 5.09 Å². The lowest BCUT2D eigenvalue weighted by Crippen LogP contribution is -2.09. The molecule has 0 saturated heterocycles. The smallest absolute Gasteiger partial charge is 0.291 e. The lowest BCUT2D eigenvalue weighted by Gasteiger charge is -2.03. The Kier molecular flexibility index (Phi) is 34.0. The first-order valence-electron chi connectivity index (χ1n) is 11.2. The summed E-state index contributed by atoms with van der Waals surface area (Å²) in [4.78, 5) is 18.9. The van der Waals surface area contributed by atoms with E-state index in [0.29, 0.717) is 6.42 Å². The van der Waals surface area contributed by atoms with Crippen LogP contribution in [0.3, 0.4) is 0 Å².